The Morgan fingerprint density at radius 2 is 1.88 bits per heavy atom. The van der Waals surface area contributed by atoms with Gasteiger partial charge in [0.05, 0.1) is 18.6 Å². The van der Waals surface area contributed by atoms with Gasteiger partial charge in [-0.2, -0.15) is 5.26 Å². The van der Waals surface area contributed by atoms with E-state index in [1.807, 2.05) is 0 Å². The summed E-state index contributed by atoms with van der Waals surface area (Å²) in [5.41, 5.74) is 6.07. The van der Waals surface area contributed by atoms with Crippen LogP contribution >= 0.6 is 0 Å². The first-order valence-electron chi connectivity index (χ1n) is 9.53. The molecule has 7 heteroatoms. The molecular formula is C18H33N5O2. The van der Waals surface area contributed by atoms with Gasteiger partial charge in [-0.05, 0) is 19.3 Å². The Morgan fingerprint density at radius 1 is 1.24 bits per heavy atom. The maximum absolute atomic E-state index is 12.4. The predicted molar refractivity (Wildman–Crippen MR) is 96.9 cm³/mol. The van der Waals surface area contributed by atoms with Crippen molar-refractivity contribution in [2.24, 2.45) is 11.7 Å². The molecular weight excluding hydrogens is 318 g/mol. The number of nitrogens with two attached hydrogens (primary N) is 1. The van der Waals surface area contributed by atoms with E-state index in [2.05, 4.69) is 21.2 Å². The van der Waals surface area contributed by atoms with Crippen molar-refractivity contribution in [1.29, 1.82) is 5.26 Å². The number of carbonyl (C=O) groups is 1. The van der Waals surface area contributed by atoms with Gasteiger partial charge in [0.1, 0.15) is 6.04 Å². The first-order chi connectivity index (χ1) is 12.1. The molecule has 2 fully saturated rings. The molecule has 0 spiro atoms. The van der Waals surface area contributed by atoms with E-state index in [0.717, 1.165) is 71.6 Å². The second kappa shape index (κ2) is 10.7. The third-order valence-electron chi connectivity index (χ3n) is 5.44. The molecule has 0 bridgehead atoms. The van der Waals surface area contributed by atoms with Crippen molar-refractivity contribution in [3.05, 3.63) is 0 Å². The van der Waals surface area contributed by atoms with Gasteiger partial charge in [0.2, 0.25) is 5.91 Å². The molecule has 2 aliphatic rings. The van der Waals surface area contributed by atoms with E-state index in [1.165, 1.54) is 0 Å². The zero-order valence-electron chi connectivity index (χ0n) is 15.5. The molecule has 0 unspecified atom stereocenters. The molecule has 25 heavy (non-hydrogen) atoms. The van der Waals surface area contributed by atoms with Crippen molar-refractivity contribution in [3.8, 4) is 6.07 Å². The minimum atomic E-state index is -0.423. The molecule has 1 aliphatic carbocycles. The summed E-state index contributed by atoms with van der Waals surface area (Å²) >= 11 is 0. The summed E-state index contributed by atoms with van der Waals surface area (Å²) in [5.74, 6) is -0.169. The zero-order chi connectivity index (χ0) is 18.1. The van der Waals surface area contributed by atoms with E-state index >= 15 is 0 Å². The quantitative estimate of drug-likeness (QED) is 0.647. The molecule has 1 amide bonds. The topological polar surface area (TPSA) is 94.6 Å². The van der Waals surface area contributed by atoms with Crippen LogP contribution in [0, 0.1) is 17.2 Å². The van der Waals surface area contributed by atoms with Crippen LogP contribution in [-0.2, 0) is 9.53 Å². The SMILES string of the molecule is COCCN1CCN(CC[C@@H](C#N)NC(=O)[C@@H]2CCCC[C@@H]2N)CC1. The van der Waals surface area contributed by atoms with Crippen molar-refractivity contribution in [1.82, 2.24) is 15.1 Å². The van der Waals surface area contributed by atoms with Crippen LogP contribution in [0.2, 0.25) is 0 Å². The number of nitriles is 1. The molecule has 3 N–H and O–H groups in total. The monoisotopic (exact) mass is 351 g/mol. The lowest BCUT2D eigenvalue weighted by molar-refractivity contribution is -0.126. The minimum Gasteiger partial charge on any atom is -0.383 e. The second-order valence-electron chi connectivity index (χ2n) is 7.21. The van der Waals surface area contributed by atoms with Crippen LogP contribution < -0.4 is 11.1 Å². The summed E-state index contributed by atoms with van der Waals surface area (Å²) in [7, 11) is 1.73. The van der Waals surface area contributed by atoms with Gasteiger partial charge in [-0.15, -0.1) is 0 Å². The number of rotatable bonds is 8. The molecule has 1 saturated heterocycles. The predicted octanol–water partition coefficient (Wildman–Crippen LogP) is 0.166. The molecule has 1 aliphatic heterocycles. The summed E-state index contributed by atoms with van der Waals surface area (Å²) in [4.78, 5) is 17.2. The summed E-state index contributed by atoms with van der Waals surface area (Å²) < 4.78 is 5.12. The number of methoxy groups -OCH3 is 1. The van der Waals surface area contributed by atoms with Gasteiger partial charge in [-0.1, -0.05) is 12.8 Å². The highest BCUT2D eigenvalue weighted by atomic mass is 16.5. The second-order valence-corrected chi connectivity index (χ2v) is 7.21. The van der Waals surface area contributed by atoms with Crippen LogP contribution in [0.15, 0.2) is 0 Å². The van der Waals surface area contributed by atoms with Crippen molar-refractivity contribution in [2.75, 3.05) is 53.0 Å². The minimum absolute atomic E-state index is 0.0388. The molecule has 0 aromatic rings. The molecule has 2 rings (SSSR count). The lowest BCUT2D eigenvalue weighted by atomic mass is 9.84. The van der Waals surface area contributed by atoms with Crippen LogP contribution in [0.25, 0.3) is 0 Å². The summed E-state index contributed by atoms with van der Waals surface area (Å²) in [6.07, 6.45) is 4.57. The zero-order valence-corrected chi connectivity index (χ0v) is 15.5. The number of hydrogen-bond donors (Lipinski definition) is 2. The van der Waals surface area contributed by atoms with Crippen molar-refractivity contribution in [2.45, 2.75) is 44.2 Å². The van der Waals surface area contributed by atoms with Gasteiger partial charge >= 0.3 is 0 Å². The van der Waals surface area contributed by atoms with Gasteiger partial charge in [0.25, 0.3) is 0 Å². The number of carbonyl (C=O) groups excluding carboxylic acids is 1. The van der Waals surface area contributed by atoms with Crippen LogP contribution in [0.4, 0.5) is 0 Å². The van der Waals surface area contributed by atoms with Gasteiger partial charge < -0.3 is 20.7 Å². The van der Waals surface area contributed by atoms with E-state index in [-0.39, 0.29) is 17.9 Å². The van der Waals surface area contributed by atoms with Crippen LogP contribution in [0.3, 0.4) is 0 Å². The van der Waals surface area contributed by atoms with E-state index in [9.17, 15) is 10.1 Å². The lowest BCUT2D eigenvalue weighted by Gasteiger charge is -2.35. The molecule has 0 radical (unpaired) electrons. The van der Waals surface area contributed by atoms with Crippen LogP contribution in [0.1, 0.15) is 32.1 Å². The van der Waals surface area contributed by atoms with E-state index in [1.54, 1.807) is 7.11 Å². The van der Waals surface area contributed by atoms with Crippen molar-refractivity contribution < 1.29 is 9.53 Å². The average Bonchev–Trinajstić information content (AvgIpc) is 2.64. The molecule has 142 valence electrons. The Bertz CT molecular complexity index is 445. The highest BCUT2D eigenvalue weighted by molar-refractivity contribution is 5.80. The highest BCUT2D eigenvalue weighted by Crippen LogP contribution is 2.23. The fraction of sp³-hybridized carbons (Fsp3) is 0.889. The summed E-state index contributed by atoms with van der Waals surface area (Å²) in [6, 6.07) is 1.75. The Hall–Kier alpha value is -1.20. The highest BCUT2D eigenvalue weighted by Gasteiger charge is 2.29. The Balaban J connectivity index is 1.68. The Kier molecular flexibility index (Phi) is 8.62. The number of amides is 1. The van der Waals surface area contributed by atoms with E-state index in [0.29, 0.717) is 6.42 Å². The van der Waals surface area contributed by atoms with E-state index in [4.69, 9.17) is 10.5 Å². The molecule has 3 atom stereocenters. The van der Waals surface area contributed by atoms with E-state index < -0.39 is 6.04 Å². The summed E-state index contributed by atoms with van der Waals surface area (Å²) in [6.45, 7) is 6.66. The third-order valence-corrected chi connectivity index (χ3v) is 5.44. The maximum Gasteiger partial charge on any atom is 0.225 e. The van der Waals surface area contributed by atoms with Gasteiger partial charge in [0, 0.05) is 52.4 Å². The molecule has 0 aromatic heterocycles. The Labute approximate surface area is 151 Å². The largest absolute Gasteiger partial charge is 0.383 e. The molecule has 0 aromatic carbocycles. The fourth-order valence-electron chi connectivity index (χ4n) is 3.70. The van der Waals surface area contributed by atoms with Crippen molar-refractivity contribution in [3.63, 3.8) is 0 Å². The standard InChI is InChI=1S/C18H33N5O2/c1-25-13-12-23-10-8-22(9-11-23)7-6-15(14-19)21-18(24)16-4-2-3-5-17(16)20/h15-17H,2-13,20H2,1H3,(H,21,24)/t15-,16+,17-/m0/s1. The number of nitrogens with zero attached hydrogens (tertiary/aromatic N) is 3. The first-order valence-corrected chi connectivity index (χ1v) is 9.53. The molecule has 1 heterocycles. The lowest BCUT2D eigenvalue weighted by Crippen LogP contribution is -2.49. The Morgan fingerprint density at radius 3 is 2.48 bits per heavy atom. The first kappa shape index (κ1) is 20.1. The van der Waals surface area contributed by atoms with Gasteiger partial charge in [-0.3, -0.25) is 9.69 Å². The fourth-order valence-corrected chi connectivity index (χ4v) is 3.70. The van der Waals surface area contributed by atoms with Crippen molar-refractivity contribution >= 4 is 5.91 Å². The summed E-state index contributed by atoms with van der Waals surface area (Å²) in [5, 5.41) is 12.3. The number of ether oxygens (including phenoxy) is 1. The number of nitrogens with one attached hydrogen (secondary N) is 1. The van der Waals surface area contributed by atoms with Crippen LogP contribution in [-0.4, -0.2) is 80.8 Å². The smallest absolute Gasteiger partial charge is 0.225 e. The van der Waals surface area contributed by atoms with Crippen LogP contribution in [0.5, 0.6) is 0 Å². The normalized spacial score (nSPS) is 26.8. The molecule has 1 saturated carbocycles. The number of hydrogen-bond acceptors (Lipinski definition) is 6. The molecule has 7 nitrogen and oxygen atoms in total. The average molecular weight is 351 g/mol. The van der Waals surface area contributed by atoms with Gasteiger partial charge in [-0.25, -0.2) is 0 Å². The third kappa shape index (κ3) is 6.55. The maximum atomic E-state index is 12.4. The number of piperazine rings is 1. The van der Waals surface area contributed by atoms with Gasteiger partial charge in [0.15, 0.2) is 0 Å².